The van der Waals surface area contributed by atoms with Gasteiger partial charge in [0, 0.05) is 11.6 Å². The van der Waals surface area contributed by atoms with Crippen LogP contribution < -0.4 is 14.2 Å². The Morgan fingerprint density at radius 2 is 1.86 bits per heavy atom. The Morgan fingerprint density at radius 1 is 1.10 bits per heavy atom. The van der Waals surface area contributed by atoms with Crippen molar-refractivity contribution < 1.29 is 14.2 Å². The lowest BCUT2D eigenvalue weighted by Gasteiger charge is -2.10. The summed E-state index contributed by atoms with van der Waals surface area (Å²) in [4.78, 5) is 0. The van der Waals surface area contributed by atoms with E-state index in [9.17, 15) is 0 Å². The molecule has 0 aliphatic carbocycles. The van der Waals surface area contributed by atoms with Gasteiger partial charge in [-0.15, -0.1) is 0 Å². The van der Waals surface area contributed by atoms with Gasteiger partial charge in [-0.3, -0.25) is 0 Å². The zero-order chi connectivity index (χ0) is 14.5. The highest BCUT2D eigenvalue weighted by Gasteiger charge is 2.17. The van der Waals surface area contributed by atoms with E-state index in [0.717, 1.165) is 29.2 Å². The zero-order valence-corrected chi connectivity index (χ0v) is 12.0. The summed E-state index contributed by atoms with van der Waals surface area (Å²) in [6, 6.07) is 14.2. The van der Waals surface area contributed by atoms with Crippen LogP contribution in [-0.4, -0.2) is 13.4 Å². The summed E-state index contributed by atoms with van der Waals surface area (Å²) in [6.45, 7) is 2.90. The summed E-state index contributed by atoms with van der Waals surface area (Å²) in [5.74, 6) is 2.41. The van der Waals surface area contributed by atoms with Crippen molar-refractivity contribution in [2.75, 3.05) is 13.4 Å². The predicted octanol–water partition coefficient (Wildman–Crippen LogP) is 4.07. The average Bonchev–Trinajstić information content (AvgIpc) is 2.96. The predicted molar refractivity (Wildman–Crippen MR) is 82.9 cm³/mol. The van der Waals surface area contributed by atoms with E-state index < -0.39 is 0 Å². The van der Waals surface area contributed by atoms with E-state index in [2.05, 4.69) is 24.3 Å². The quantitative estimate of drug-likeness (QED) is 0.827. The van der Waals surface area contributed by atoms with Gasteiger partial charge < -0.3 is 14.2 Å². The number of allylic oxidation sites excluding steroid dienone is 1. The molecule has 1 aliphatic heterocycles. The fraction of sp³-hybridized carbons (Fsp3) is 0.222. The molecule has 3 nitrogen and oxygen atoms in total. The number of benzene rings is 2. The second kappa shape index (κ2) is 6.35. The third-order valence-electron chi connectivity index (χ3n) is 3.30. The van der Waals surface area contributed by atoms with Gasteiger partial charge in [0.2, 0.25) is 6.79 Å². The minimum absolute atomic E-state index is 0.282. The van der Waals surface area contributed by atoms with Crippen molar-refractivity contribution >= 4 is 6.08 Å². The van der Waals surface area contributed by atoms with Crippen LogP contribution in [0.15, 0.2) is 48.5 Å². The van der Waals surface area contributed by atoms with E-state index >= 15 is 0 Å². The number of fused-ring (bicyclic) bond motifs is 1. The zero-order valence-electron chi connectivity index (χ0n) is 12.0. The highest BCUT2D eigenvalue weighted by atomic mass is 16.7. The van der Waals surface area contributed by atoms with Crippen LogP contribution >= 0.6 is 0 Å². The van der Waals surface area contributed by atoms with Gasteiger partial charge in [-0.1, -0.05) is 42.5 Å². The first-order chi connectivity index (χ1) is 10.4. The maximum absolute atomic E-state index is 5.70. The maximum atomic E-state index is 5.70. The van der Waals surface area contributed by atoms with Crippen molar-refractivity contribution in [3.63, 3.8) is 0 Å². The van der Waals surface area contributed by atoms with E-state index in [-0.39, 0.29) is 6.79 Å². The van der Waals surface area contributed by atoms with Crippen molar-refractivity contribution in [2.45, 2.75) is 13.3 Å². The molecule has 0 amide bonds. The van der Waals surface area contributed by atoms with Crippen LogP contribution in [0.25, 0.3) is 6.08 Å². The monoisotopic (exact) mass is 282 g/mol. The molecule has 3 heteroatoms. The van der Waals surface area contributed by atoms with Gasteiger partial charge in [-0.25, -0.2) is 0 Å². The van der Waals surface area contributed by atoms with Crippen LogP contribution in [-0.2, 0) is 6.42 Å². The molecular formula is C18H18O3. The van der Waals surface area contributed by atoms with Crippen molar-refractivity contribution in [1.29, 1.82) is 0 Å². The maximum Gasteiger partial charge on any atom is 0.231 e. The van der Waals surface area contributed by atoms with Crippen LogP contribution in [0.4, 0.5) is 0 Å². The molecule has 108 valence electrons. The number of rotatable bonds is 5. The highest BCUT2D eigenvalue weighted by molar-refractivity contribution is 5.54. The van der Waals surface area contributed by atoms with Gasteiger partial charge in [0.25, 0.3) is 0 Å². The SMILES string of the molecule is CCOc1cc2c(cc1C/C=C\c1ccccc1)OCO2. The van der Waals surface area contributed by atoms with Crippen LogP contribution in [0.1, 0.15) is 18.1 Å². The minimum Gasteiger partial charge on any atom is -0.493 e. The standard InChI is InChI=1S/C18H18O3/c1-2-19-16-12-18-17(20-13-21-18)11-15(16)10-6-9-14-7-4-3-5-8-14/h3-9,11-12H,2,10,13H2,1H3/b9-6-. The normalized spacial score (nSPS) is 12.8. The first kappa shape index (κ1) is 13.6. The van der Waals surface area contributed by atoms with Gasteiger partial charge in [-0.2, -0.15) is 0 Å². The fourth-order valence-corrected chi connectivity index (χ4v) is 2.30. The molecule has 3 rings (SSSR count). The Labute approximate surface area is 124 Å². The molecule has 0 radical (unpaired) electrons. The summed E-state index contributed by atoms with van der Waals surface area (Å²) in [6.07, 6.45) is 5.04. The smallest absolute Gasteiger partial charge is 0.231 e. The van der Waals surface area contributed by atoms with E-state index in [1.807, 2.05) is 37.3 Å². The molecule has 2 aromatic rings. The van der Waals surface area contributed by atoms with Gasteiger partial charge in [0.15, 0.2) is 11.5 Å². The summed E-state index contributed by atoms with van der Waals surface area (Å²) in [7, 11) is 0. The molecule has 0 saturated heterocycles. The number of hydrogen-bond acceptors (Lipinski definition) is 3. The van der Waals surface area contributed by atoms with Crippen LogP contribution in [0.2, 0.25) is 0 Å². The molecule has 0 bridgehead atoms. The van der Waals surface area contributed by atoms with E-state index in [0.29, 0.717) is 6.61 Å². The number of hydrogen-bond donors (Lipinski definition) is 0. The van der Waals surface area contributed by atoms with Crippen molar-refractivity contribution in [1.82, 2.24) is 0 Å². The molecule has 2 aromatic carbocycles. The summed E-state index contributed by atoms with van der Waals surface area (Å²) in [5, 5.41) is 0. The summed E-state index contributed by atoms with van der Waals surface area (Å²) < 4.78 is 16.5. The first-order valence-corrected chi connectivity index (χ1v) is 7.13. The van der Waals surface area contributed by atoms with Gasteiger partial charge in [0.05, 0.1) is 6.61 Å². The Balaban J connectivity index is 1.79. The van der Waals surface area contributed by atoms with Crippen molar-refractivity contribution in [3.05, 3.63) is 59.7 Å². The second-order valence-electron chi connectivity index (χ2n) is 4.76. The minimum atomic E-state index is 0.282. The molecule has 1 aliphatic rings. The van der Waals surface area contributed by atoms with Gasteiger partial charge in [-0.05, 0) is 25.0 Å². The molecular weight excluding hydrogens is 264 g/mol. The molecule has 1 heterocycles. The third kappa shape index (κ3) is 3.19. The molecule has 21 heavy (non-hydrogen) atoms. The Bertz CT molecular complexity index is 632. The first-order valence-electron chi connectivity index (χ1n) is 7.13. The molecule has 0 atom stereocenters. The molecule has 0 spiro atoms. The lowest BCUT2D eigenvalue weighted by atomic mass is 10.1. The topological polar surface area (TPSA) is 27.7 Å². The lowest BCUT2D eigenvalue weighted by Crippen LogP contribution is -1.96. The van der Waals surface area contributed by atoms with Gasteiger partial charge in [0.1, 0.15) is 5.75 Å². The van der Waals surface area contributed by atoms with Crippen LogP contribution in [0.5, 0.6) is 17.2 Å². The van der Waals surface area contributed by atoms with E-state index in [1.54, 1.807) is 0 Å². The largest absolute Gasteiger partial charge is 0.493 e. The van der Waals surface area contributed by atoms with Crippen molar-refractivity contribution in [2.24, 2.45) is 0 Å². The Morgan fingerprint density at radius 3 is 2.62 bits per heavy atom. The average molecular weight is 282 g/mol. The second-order valence-corrected chi connectivity index (χ2v) is 4.76. The molecule has 0 unspecified atom stereocenters. The fourth-order valence-electron chi connectivity index (χ4n) is 2.30. The Hall–Kier alpha value is -2.42. The van der Waals surface area contributed by atoms with Gasteiger partial charge >= 0.3 is 0 Å². The number of ether oxygens (including phenoxy) is 3. The van der Waals surface area contributed by atoms with E-state index in [4.69, 9.17) is 14.2 Å². The highest BCUT2D eigenvalue weighted by Crippen LogP contribution is 2.38. The lowest BCUT2D eigenvalue weighted by molar-refractivity contribution is 0.173. The molecule has 0 fully saturated rings. The summed E-state index contributed by atoms with van der Waals surface area (Å²) >= 11 is 0. The molecule has 0 aromatic heterocycles. The van der Waals surface area contributed by atoms with E-state index in [1.165, 1.54) is 5.56 Å². The third-order valence-corrected chi connectivity index (χ3v) is 3.30. The van der Waals surface area contributed by atoms with Crippen LogP contribution in [0.3, 0.4) is 0 Å². The van der Waals surface area contributed by atoms with Crippen LogP contribution in [0, 0.1) is 0 Å². The van der Waals surface area contributed by atoms with Crippen molar-refractivity contribution in [3.8, 4) is 17.2 Å². The Kier molecular flexibility index (Phi) is 4.10. The summed E-state index contributed by atoms with van der Waals surface area (Å²) in [5.41, 5.74) is 2.30. The molecule has 0 saturated carbocycles. The molecule has 0 N–H and O–H groups in total.